The molecule has 1 saturated carbocycles. The van der Waals surface area contributed by atoms with Gasteiger partial charge in [0.1, 0.15) is 0 Å². The topological polar surface area (TPSA) is 24.5 Å². The average Bonchev–Trinajstić information content (AvgIpc) is 2.73. The summed E-state index contributed by atoms with van der Waals surface area (Å²) in [6.07, 6.45) is 6.59. The molecule has 0 aromatic rings. The van der Waals surface area contributed by atoms with Crippen molar-refractivity contribution in [2.75, 3.05) is 40.4 Å². The van der Waals surface area contributed by atoms with Crippen molar-refractivity contribution < 1.29 is 4.74 Å². The molecule has 1 N–H and O–H groups in total. The third-order valence-electron chi connectivity index (χ3n) is 3.78. The molecule has 3 heteroatoms. The van der Waals surface area contributed by atoms with Gasteiger partial charge in [0, 0.05) is 25.3 Å². The van der Waals surface area contributed by atoms with Crippen LogP contribution in [0.3, 0.4) is 0 Å². The van der Waals surface area contributed by atoms with Crippen molar-refractivity contribution in [2.24, 2.45) is 0 Å². The average molecular weight is 228 g/mol. The molecule has 96 valence electrons. The van der Waals surface area contributed by atoms with Gasteiger partial charge in [-0.05, 0) is 46.8 Å². The lowest BCUT2D eigenvalue weighted by atomic mass is 9.96. The monoisotopic (exact) mass is 228 g/mol. The van der Waals surface area contributed by atoms with Gasteiger partial charge in [0.15, 0.2) is 0 Å². The van der Waals surface area contributed by atoms with Crippen LogP contribution >= 0.6 is 0 Å². The largest absolute Gasteiger partial charge is 0.382 e. The van der Waals surface area contributed by atoms with Gasteiger partial charge in [-0.1, -0.05) is 12.8 Å². The number of hydrogen-bond acceptors (Lipinski definition) is 3. The lowest BCUT2D eigenvalue weighted by molar-refractivity contribution is 0.136. The Balaban J connectivity index is 2.14. The zero-order valence-electron chi connectivity index (χ0n) is 11.2. The molecule has 0 aromatic carbocycles. The van der Waals surface area contributed by atoms with Gasteiger partial charge < -0.3 is 15.0 Å². The van der Waals surface area contributed by atoms with Crippen molar-refractivity contribution in [3.05, 3.63) is 0 Å². The van der Waals surface area contributed by atoms with Crippen molar-refractivity contribution in [1.29, 1.82) is 0 Å². The van der Waals surface area contributed by atoms with Crippen LogP contribution in [0.4, 0.5) is 0 Å². The summed E-state index contributed by atoms with van der Waals surface area (Å²) in [5.74, 6) is 0. The van der Waals surface area contributed by atoms with Crippen LogP contribution in [0.1, 0.15) is 39.0 Å². The summed E-state index contributed by atoms with van der Waals surface area (Å²) in [7, 11) is 4.43. The quantitative estimate of drug-likeness (QED) is 0.642. The van der Waals surface area contributed by atoms with Crippen LogP contribution in [0, 0.1) is 0 Å². The molecule has 1 rings (SSSR count). The molecular weight excluding hydrogens is 200 g/mol. The van der Waals surface area contributed by atoms with Gasteiger partial charge in [-0.25, -0.2) is 0 Å². The second kappa shape index (κ2) is 7.25. The predicted octanol–water partition coefficient (Wildman–Crippen LogP) is 1.88. The summed E-state index contributed by atoms with van der Waals surface area (Å²) in [6.45, 7) is 5.98. The van der Waals surface area contributed by atoms with Crippen molar-refractivity contribution in [3.8, 4) is 0 Å². The van der Waals surface area contributed by atoms with Crippen LogP contribution in [0.15, 0.2) is 0 Å². The van der Waals surface area contributed by atoms with E-state index in [1.807, 2.05) is 6.92 Å². The number of ether oxygens (including phenoxy) is 1. The molecule has 0 heterocycles. The van der Waals surface area contributed by atoms with Crippen LogP contribution in [0.2, 0.25) is 0 Å². The third kappa shape index (κ3) is 4.04. The first-order chi connectivity index (χ1) is 7.71. The molecule has 0 amide bonds. The van der Waals surface area contributed by atoms with E-state index < -0.39 is 0 Å². The minimum absolute atomic E-state index is 0.422. The molecule has 0 unspecified atom stereocenters. The van der Waals surface area contributed by atoms with Crippen molar-refractivity contribution in [2.45, 2.75) is 44.6 Å². The van der Waals surface area contributed by atoms with Gasteiger partial charge >= 0.3 is 0 Å². The Morgan fingerprint density at radius 1 is 1.25 bits per heavy atom. The van der Waals surface area contributed by atoms with Crippen LogP contribution in [0.5, 0.6) is 0 Å². The smallest absolute Gasteiger partial charge is 0.0477 e. The molecule has 0 atom stereocenters. The molecule has 0 bridgehead atoms. The fraction of sp³-hybridized carbons (Fsp3) is 1.00. The number of rotatable bonds is 8. The summed E-state index contributed by atoms with van der Waals surface area (Å²) < 4.78 is 5.33. The molecule has 16 heavy (non-hydrogen) atoms. The van der Waals surface area contributed by atoms with Gasteiger partial charge in [-0.2, -0.15) is 0 Å². The van der Waals surface area contributed by atoms with Crippen LogP contribution in [-0.2, 0) is 4.74 Å². The van der Waals surface area contributed by atoms with Gasteiger partial charge in [0.2, 0.25) is 0 Å². The normalized spacial score (nSPS) is 19.5. The molecule has 1 fully saturated rings. The van der Waals surface area contributed by atoms with E-state index in [9.17, 15) is 0 Å². The highest BCUT2D eigenvalue weighted by molar-refractivity contribution is 4.94. The first kappa shape index (κ1) is 13.9. The zero-order valence-corrected chi connectivity index (χ0v) is 11.2. The lowest BCUT2D eigenvalue weighted by Crippen LogP contribution is -2.49. The fourth-order valence-corrected chi connectivity index (χ4v) is 2.58. The van der Waals surface area contributed by atoms with E-state index in [0.29, 0.717) is 5.54 Å². The summed E-state index contributed by atoms with van der Waals surface area (Å²) in [5.41, 5.74) is 0.422. The number of nitrogens with one attached hydrogen (secondary N) is 1. The van der Waals surface area contributed by atoms with Crippen molar-refractivity contribution in [3.63, 3.8) is 0 Å². The highest BCUT2D eigenvalue weighted by Gasteiger charge is 2.35. The molecule has 1 aliphatic carbocycles. The third-order valence-corrected chi connectivity index (χ3v) is 3.78. The fourth-order valence-electron chi connectivity index (χ4n) is 2.58. The van der Waals surface area contributed by atoms with Crippen LogP contribution in [-0.4, -0.2) is 50.8 Å². The summed E-state index contributed by atoms with van der Waals surface area (Å²) in [5, 5.41) is 3.59. The molecular formula is C13H28N2O. The van der Waals surface area contributed by atoms with Gasteiger partial charge in [-0.3, -0.25) is 0 Å². The van der Waals surface area contributed by atoms with Gasteiger partial charge in [-0.15, -0.1) is 0 Å². The van der Waals surface area contributed by atoms with E-state index in [1.165, 1.54) is 25.7 Å². The Labute approximate surface area is 101 Å². The second-order valence-corrected chi connectivity index (χ2v) is 5.05. The van der Waals surface area contributed by atoms with E-state index >= 15 is 0 Å². The number of nitrogens with zero attached hydrogens (tertiary/aromatic N) is 1. The molecule has 1 aliphatic rings. The number of likely N-dealkylation sites (N-methyl/N-ethyl adjacent to an activating group) is 1. The first-order valence-electron chi connectivity index (χ1n) is 6.67. The van der Waals surface area contributed by atoms with Crippen LogP contribution in [0.25, 0.3) is 0 Å². The number of hydrogen-bond donors (Lipinski definition) is 1. The maximum absolute atomic E-state index is 5.33. The molecule has 0 aromatic heterocycles. The maximum atomic E-state index is 5.33. The second-order valence-electron chi connectivity index (χ2n) is 5.05. The first-order valence-corrected chi connectivity index (χ1v) is 6.67. The minimum Gasteiger partial charge on any atom is -0.382 e. The van der Waals surface area contributed by atoms with Crippen LogP contribution < -0.4 is 5.32 Å². The van der Waals surface area contributed by atoms with Gasteiger partial charge in [0.05, 0.1) is 0 Å². The van der Waals surface area contributed by atoms with E-state index in [2.05, 4.69) is 24.3 Å². The zero-order chi connectivity index (χ0) is 11.9. The molecule has 0 saturated heterocycles. The Kier molecular flexibility index (Phi) is 6.32. The summed E-state index contributed by atoms with van der Waals surface area (Å²) in [4.78, 5) is 2.41. The minimum atomic E-state index is 0.422. The molecule has 3 nitrogen and oxygen atoms in total. The molecule has 0 aliphatic heterocycles. The molecule has 0 radical (unpaired) electrons. The highest BCUT2D eigenvalue weighted by Crippen LogP contribution is 2.32. The van der Waals surface area contributed by atoms with E-state index in [4.69, 9.17) is 4.74 Å². The van der Waals surface area contributed by atoms with E-state index in [0.717, 1.165) is 32.7 Å². The standard InChI is InChI=1S/C13H28N2O/c1-4-16-11-7-10-14-12-13(15(2)3)8-5-6-9-13/h14H,4-12H2,1-3H3. The van der Waals surface area contributed by atoms with Gasteiger partial charge in [0.25, 0.3) is 0 Å². The Morgan fingerprint density at radius 3 is 2.50 bits per heavy atom. The lowest BCUT2D eigenvalue weighted by Gasteiger charge is -2.36. The predicted molar refractivity (Wildman–Crippen MR) is 68.9 cm³/mol. The SMILES string of the molecule is CCOCCCNCC1(N(C)C)CCCC1. The molecule has 0 spiro atoms. The highest BCUT2D eigenvalue weighted by atomic mass is 16.5. The van der Waals surface area contributed by atoms with Crippen molar-refractivity contribution >= 4 is 0 Å². The maximum Gasteiger partial charge on any atom is 0.0477 e. The Bertz CT molecular complexity index is 177. The van der Waals surface area contributed by atoms with E-state index in [1.54, 1.807) is 0 Å². The Hall–Kier alpha value is -0.120. The summed E-state index contributed by atoms with van der Waals surface area (Å²) in [6, 6.07) is 0. The van der Waals surface area contributed by atoms with E-state index in [-0.39, 0.29) is 0 Å². The Morgan fingerprint density at radius 2 is 1.94 bits per heavy atom. The van der Waals surface area contributed by atoms with Crippen molar-refractivity contribution in [1.82, 2.24) is 10.2 Å². The summed E-state index contributed by atoms with van der Waals surface area (Å²) >= 11 is 0.